The monoisotopic (exact) mass is 378 g/mol. The number of thiazole rings is 1. The van der Waals surface area contributed by atoms with Gasteiger partial charge in [0.2, 0.25) is 5.95 Å². The van der Waals surface area contributed by atoms with E-state index in [-0.39, 0.29) is 5.91 Å². The van der Waals surface area contributed by atoms with Gasteiger partial charge in [-0.05, 0) is 43.3 Å². The fraction of sp³-hybridized carbons (Fsp3) is 0.150. The van der Waals surface area contributed by atoms with Gasteiger partial charge in [0.15, 0.2) is 0 Å². The standard InChI is InChI=1S/C20H18N4O2S/c1-3-24-17-7-5-4-6-15(17)22-20(24)23-18(25)16-12-27-19(21-16)13-8-10-14(26-2)11-9-13/h4-12H,3H2,1-2H3,(H,22,23,25). The summed E-state index contributed by atoms with van der Waals surface area (Å²) in [7, 11) is 1.63. The Morgan fingerprint density at radius 2 is 1.93 bits per heavy atom. The molecule has 0 aliphatic rings. The minimum atomic E-state index is -0.268. The fourth-order valence-electron chi connectivity index (χ4n) is 2.90. The maximum Gasteiger partial charge on any atom is 0.277 e. The molecule has 1 N–H and O–H groups in total. The number of hydrogen-bond acceptors (Lipinski definition) is 5. The zero-order chi connectivity index (χ0) is 18.8. The lowest BCUT2D eigenvalue weighted by molar-refractivity contribution is 0.102. The molecule has 4 rings (SSSR count). The van der Waals surface area contributed by atoms with Gasteiger partial charge in [0.05, 0.1) is 18.1 Å². The second-order valence-electron chi connectivity index (χ2n) is 5.89. The van der Waals surface area contributed by atoms with E-state index in [4.69, 9.17) is 4.74 Å². The lowest BCUT2D eigenvalue weighted by Crippen LogP contribution is -2.16. The summed E-state index contributed by atoms with van der Waals surface area (Å²) in [5, 5.41) is 5.43. The van der Waals surface area contributed by atoms with Crippen LogP contribution >= 0.6 is 11.3 Å². The summed E-state index contributed by atoms with van der Waals surface area (Å²) in [6.45, 7) is 2.73. The van der Waals surface area contributed by atoms with Crippen molar-refractivity contribution in [3.8, 4) is 16.3 Å². The molecule has 0 atom stereocenters. The molecule has 0 spiro atoms. The Kier molecular flexibility index (Phi) is 4.60. The second kappa shape index (κ2) is 7.20. The largest absolute Gasteiger partial charge is 0.497 e. The fourth-order valence-corrected chi connectivity index (χ4v) is 3.71. The first-order valence-electron chi connectivity index (χ1n) is 8.56. The van der Waals surface area contributed by atoms with E-state index in [0.717, 1.165) is 27.4 Å². The molecule has 1 amide bonds. The summed E-state index contributed by atoms with van der Waals surface area (Å²) < 4.78 is 7.15. The van der Waals surface area contributed by atoms with Crippen LogP contribution in [0.1, 0.15) is 17.4 Å². The molecule has 0 saturated carbocycles. The number of ether oxygens (including phenoxy) is 1. The Morgan fingerprint density at radius 1 is 1.15 bits per heavy atom. The number of hydrogen-bond donors (Lipinski definition) is 1. The number of nitrogens with one attached hydrogen (secondary N) is 1. The van der Waals surface area contributed by atoms with Crippen molar-refractivity contribution in [2.75, 3.05) is 12.4 Å². The highest BCUT2D eigenvalue weighted by Gasteiger charge is 2.16. The molecule has 0 aliphatic heterocycles. The van der Waals surface area contributed by atoms with E-state index in [1.807, 2.05) is 60.0 Å². The van der Waals surface area contributed by atoms with Crippen LogP contribution in [-0.4, -0.2) is 27.6 Å². The number of amides is 1. The van der Waals surface area contributed by atoms with Gasteiger partial charge in [0.25, 0.3) is 5.91 Å². The van der Waals surface area contributed by atoms with Crippen LogP contribution in [0.5, 0.6) is 5.75 Å². The third-order valence-electron chi connectivity index (χ3n) is 4.27. The average Bonchev–Trinajstić information content (AvgIpc) is 3.32. The van der Waals surface area contributed by atoms with Gasteiger partial charge in [-0.25, -0.2) is 9.97 Å². The number of benzene rings is 2. The number of carbonyl (C=O) groups excluding carboxylic acids is 1. The van der Waals surface area contributed by atoms with Gasteiger partial charge in [-0.2, -0.15) is 0 Å². The highest BCUT2D eigenvalue weighted by Crippen LogP contribution is 2.26. The summed E-state index contributed by atoms with van der Waals surface area (Å²) >= 11 is 1.43. The van der Waals surface area contributed by atoms with Crippen molar-refractivity contribution in [1.82, 2.24) is 14.5 Å². The summed E-state index contributed by atoms with van der Waals surface area (Å²) in [4.78, 5) is 21.7. The molecule has 136 valence electrons. The number of aromatic nitrogens is 3. The summed E-state index contributed by atoms with van der Waals surface area (Å²) in [6.07, 6.45) is 0. The maximum absolute atomic E-state index is 12.7. The maximum atomic E-state index is 12.7. The predicted octanol–water partition coefficient (Wildman–Crippen LogP) is 4.44. The molecule has 0 aliphatic carbocycles. The van der Waals surface area contributed by atoms with E-state index in [0.29, 0.717) is 18.2 Å². The van der Waals surface area contributed by atoms with Crippen LogP contribution in [0.3, 0.4) is 0 Å². The molecule has 0 unspecified atom stereocenters. The molecule has 2 aromatic heterocycles. The molecule has 2 aromatic carbocycles. The van der Waals surface area contributed by atoms with Gasteiger partial charge in [-0.1, -0.05) is 12.1 Å². The van der Waals surface area contributed by atoms with E-state index in [1.54, 1.807) is 12.5 Å². The van der Waals surface area contributed by atoms with Crippen LogP contribution in [0.25, 0.3) is 21.6 Å². The Balaban J connectivity index is 1.58. The van der Waals surface area contributed by atoms with E-state index in [9.17, 15) is 4.79 Å². The number of carbonyl (C=O) groups is 1. The lowest BCUT2D eigenvalue weighted by atomic mass is 10.2. The molecular weight excluding hydrogens is 360 g/mol. The molecule has 0 radical (unpaired) electrons. The van der Waals surface area contributed by atoms with Gasteiger partial charge in [-0.15, -0.1) is 11.3 Å². The topological polar surface area (TPSA) is 69.0 Å². The Bertz CT molecular complexity index is 1100. The van der Waals surface area contributed by atoms with Gasteiger partial charge in [0, 0.05) is 17.5 Å². The van der Waals surface area contributed by atoms with Crippen molar-refractivity contribution < 1.29 is 9.53 Å². The Morgan fingerprint density at radius 3 is 2.67 bits per heavy atom. The van der Waals surface area contributed by atoms with E-state index in [2.05, 4.69) is 15.3 Å². The summed E-state index contributed by atoms with van der Waals surface area (Å²) in [6, 6.07) is 15.4. The van der Waals surface area contributed by atoms with Crippen LogP contribution < -0.4 is 10.1 Å². The SMILES string of the molecule is CCn1c(NC(=O)c2csc(-c3ccc(OC)cc3)n2)nc2ccccc21. The molecule has 2 heterocycles. The number of para-hydroxylation sites is 2. The van der Waals surface area contributed by atoms with Gasteiger partial charge < -0.3 is 9.30 Å². The number of nitrogens with zero attached hydrogens (tertiary/aromatic N) is 3. The minimum absolute atomic E-state index is 0.268. The third-order valence-corrected chi connectivity index (χ3v) is 5.16. The molecule has 0 bridgehead atoms. The first kappa shape index (κ1) is 17.2. The van der Waals surface area contributed by atoms with Crippen LogP contribution in [0.15, 0.2) is 53.9 Å². The van der Waals surface area contributed by atoms with Crippen LogP contribution in [0.4, 0.5) is 5.95 Å². The van der Waals surface area contributed by atoms with Crippen LogP contribution in [-0.2, 0) is 6.54 Å². The molecular formula is C20H18N4O2S. The Hall–Kier alpha value is -3.19. The second-order valence-corrected chi connectivity index (χ2v) is 6.75. The number of rotatable bonds is 5. The van der Waals surface area contributed by atoms with Crippen LogP contribution in [0.2, 0.25) is 0 Å². The van der Waals surface area contributed by atoms with Crippen molar-refractivity contribution in [3.63, 3.8) is 0 Å². The van der Waals surface area contributed by atoms with E-state index < -0.39 is 0 Å². The molecule has 0 saturated heterocycles. The van der Waals surface area contributed by atoms with Crippen molar-refractivity contribution in [3.05, 3.63) is 59.6 Å². The zero-order valence-electron chi connectivity index (χ0n) is 15.0. The first-order valence-corrected chi connectivity index (χ1v) is 9.44. The minimum Gasteiger partial charge on any atom is -0.497 e. The molecule has 27 heavy (non-hydrogen) atoms. The van der Waals surface area contributed by atoms with Crippen molar-refractivity contribution in [2.45, 2.75) is 13.5 Å². The zero-order valence-corrected chi connectivity index (χ0v) is 15.8. The highest BCUT2D eigenvalue weighted by atomic mass is 32.1. The molecule has 6 nitrogen and oxygen atoms in total. The number of methoxy groups -OCH3 is 1. The van der Waals surface area contributed by atoms with Crippen molar-refractivity contribution in [2.24, 2.45) is 0 Å². The highest BCUT2D eigenvalue weighted by molar-refractivity contribution is 7.13. The van der Waals surface area contributed by atoms with Crippen LogP contribution in [0, 0.1) is 0 Å². The lowest BCUT2D eigenvalue weighted by Gasteiger charge is -2.06. The number of imidazole rings is 1. The smallest absolute Gasteiger partial charge is 0.277 e. The Labute approximate surface area is 160 Å². The quantitative estimate of drug-likeness (QED) is 0.557. The number of aryl methyl sites for hydroxylation is 1. The van der Waals surface area contributed by atoms with Gasteiger partial charge >= 0.3 is 0 Å². The predicted molar refractivity (Wildman–Crippen MR) is 107 cm³/mol. The summed E-state index contributed by atoms with van der Waals surface area (Å²) in [5.41, 5.74) is 3.17. The van der Waals surface area contributed by atoms with E-state index >= 15 is 0 Å². The molecule has 7 heteroatoms. The van der Waals surface area contributed by atoms with Crippen molar-refractivity contribution >= 4 is 34.2 Å². The normalized spacial score (nSPS) is 10.9. The van der Waals surface area contributed by atoms with Gasteiger partial charge in [0.1, 0.15) is 16.5 Å². The summed E-state index contributed by atoms with van der Waals surface area (Å²) in [5.74, 6) is 1.05. The first-order chi connectivity index (χ1) is 13.2. The van der Waals surface area contributed by atoms with Gasteiger partial charge in [-0.3, -0.25) is 10.1 Å². The van der Waals surface area contributed by atoms with E-state index in [1.165, 1.54) is 11.3 Å². The molecule has 0 fully saturated rings. The number of anilines is 1. The average molecular weight is 378 g/mol. The molecule has 4 aromatic rings. The van der Waals surface area contributed by atoms with Crippen molar-refractivity contribution in [1.29, 1.82) is 0 Å². The number of fused-ring (bicyclic) bond motifs is 1. The third kappa shape index (κ3) is 3.29.